The van der Waals surface area contributed by atoms with Gasteiger partial charge in [-0.3, -0.25) is 9.59 Å². The van der Waals surface area contributed by atoms with E-state index in [2.05, 4.69) is 15.9 Å². The maximum absolute atomic E-state index is 13.4. The van der Waals surface area contributed by atoms with Crippen LogP contribution in [-0.2, 0) is 9.59 Å². The van der Waals surface area contributed by atoms with Crippen LogP contribution in [0.4, 0.5) is 5.69 Å². The van der Waals surface area contributed by atoms with Crippen LogP contribution < -0.4 is 5.01 Å². The summed E-state index contributed by atoms with van der Waals surface area (Å²) in [6.07, 6.45) is 6.66. The molecule has 0 radical (unpaired) electrons. The van der Waals surface area contributed by atoms with Gasteiger partial charge in [0.15, 0.2) is 17.1 Å². The van der Waals surface area contributed by atoms with E-state index in [-0.39, 0.29) is 11.6 Å². The molecule has 2 atom stereocenters. The minimum Gasteiger partial charge on any atom is -0.294 e. The third kappa shape index (κ3) is 2.20. The maximum atomic E-state index is 13.4. The molecule has 5 rings (SSSR count). The second-order valence-electron chi connectivity index (χ2n) is 6.90. The number of ketones is 2. The van der Waals surface area contributed by atoms with Crippen LogP contribution in [-0.4, -0.2) is 22.8 Å². The summed E-state index contributed by atoms with van der Waals surface area (Å²) < 4.78 is 0.687. The zero-order valence-corrected chi connectivity index (χ0v) is 16.3. The summed E-state index contributed by atoms with van der Waals surface area (Å²) in [6, 6.07) is 19.1. The van der Waals surface area contributed by atoms with Crippen LogP contribution in [0.5, 0.6) is 0 Å². The average Bonchev–Trinajstić information content (AvgIpc) is 3.14. The van der Waals surface area contributed by atoms with Crippen LogP contribution in [0.3, 0.4) is 0 Å². The predicted molar refractivity (Wildman–Crippen MR) is 112 cm³/mol. The normalized spacial score (nSPS) is 25.7. The first kappa shape index (κ1) is 17.1. The van der Waals surface area contributed by atoms with Gasteiger partial charge in [0.05, 0.1) is 11.4 Å². The molecule has 136 valence electrons. The van der Waals surface area contributed by atoms with Gasteiger partial charge >= 0.3 is 0 Å². The molecule has 0 saturated heterocycles. The molecule has 1 spiro atoms. The molecular formula is C23H15BrN2O2. The van der Waals surface area contributed by atoms with Gasteiger partial charge in [-0.15, -0.1) is 0 Å². The van der Waals surface area contributed by atoms with E-state index < -0.39 is 11.5 Å². The van der Waals surface area contributed by atoms with E-state index in [1.165, 1.54) is 6.08 Å². The molecule has 0 amide bonds. The number of allylic oxidation sites excluding steroid dienone is 3. The molecule has 2 unspecified atom stereocenters. The lowest BCUT2D eigenvalue weighted by molar-refractivity contribution is -0.124. The third-order valence-corrected chi connectivity index (χ3v) is 6.07. The monoisotopic (exact) mass is 430 g/mol. The summed E-state index contributed by atoms with van der Waals surface area (Å²) in [7, 11) is 0. The zero-order valence-electron chi connectivity index (χ0n) is 14.7. The summed E-state index contributed by atoms with van der Waals surface area (Å²) in [6.45, 7) is 0. The van der Waals surface area contributed by atoms with Crippen LogP contribution in [0.15, 0.2) is 100 Å². The molecule has 0 saturated carbocycles. The molecule has 2 aromatic carbocycles. The average molecular weight is 431 g/mol. The van der Waals surface area contributed by atoms with E-state index in [1.54, 1.807) is 17.2 Å². The minimum atomic E-state index is -1.22. The van der Waals surface area contributed by atoms with Crippen molar-refractivity contribution in [2.24, 2.45) is 11.0 Å². The number of benzene rings is 2. The first-order chi connectivity index (χ1) is 13.6. The van der Waals surface area contributed by atoms with Gasteiger partial charge in [0, 0.05) is 10.1 Å². The lowest BCUT2D eigenvalue weighted by atomic mass is 9.73. The molecule has 28 heavy (non-hydrogen) atoms. The number of nitrogens with zero attached hydrogens (tertiary/aromatic N) is 2. The highest BCUT2D eigenvalue weighted by atomic mass is 79.9. The smallest absolute Gasteiger partial charge is 0.190 e. The molecule has 3 aliphatic rings. The summed E-state index contributed by atoms with van der Waals surface area (Å²) in [5.41, 5.74) is 1.75. The molecule has 5 heteroatoms. The van der Waals surface area contributed by atoms with E-state index in [9.17, 15) is 9.59 Å². The molecule has 0 N–H and O–H groups in total. The minimum absolute atomic E-state index is 0.128. The van der Waals surface area contributed by atoms with Gasteiger partial charge < -0.3 is 0 Å². The Labute approximate surface area is 170 Å². The van der Waals surface area contributed by atoms with Gasteiger partial charge in [-0.25, -0.2) is 5.01 Å². The number of rotatable bonds is 2. The highest BCUT2D eigenvalue weighted by Crippen LogP contribution is 2.52. The largest absolute Gasteiger partial charge is 0.294 e. The van der Waals surface area contributed by atoms with Gasteiger partial charge in [0.25, 0.3) is 0 Å². The quantitative estimate of drug-likeness (QED) is 0.717. The van der Waals surface area contributed by atoms with Crippen molar-refractivity contribution in [3.8, 4) is 0 Å². The summed E-state index contributed by atoms with van der Waals surface area (Å²) in [5.74, 6) is -0.999. The van der Waals surface area contributed by atoms with Gasteiger partial charge in [-0.2, -0.15) is 5.10 Å². The van der Waals surface area contributed by atoms with Crippen molar-refractivity contribution < 1.29 is 9.59 Å². The molecule has 0 bridgehead atoms. The Morgan fingerprint density at radius 3 is 2.36 bits per heavy atom. The van der Waals surface area contributed by atoms with Crippen LogP contribution in [0.1, 0.15) is 5.56 Å². The summed E-state index contributed by atoms with van der Waals surface area (Å²) in [5, 5.41) is 6.59. The van der Waals surface area contributed by atoms with E-state index in [0.29, 0.717) is 10.2 Å². The van der Waals surface area contributed by atoms with Crippen LogP contribution >= 0.6 is 15.9 Å². The van der Waals surface area contributed by atoms with Crippen LogP contribution in [0.25, 0.3) is 0 Å². The molecule has 4 nitrogen and oxygen atoms in total. The number of anilines is 1. The van der Waals surface area contributed by atoms with Crippen molar-refractivity contribution in [2.45, 2.75) is 5.54 Å². The van der Waals surface area contributed by atoms with E-state index in [0.717, 1.165) is 16.8 Å². The van der Waals surface area contributed by atoms with Crippen molar-refractivity contribution in [3.05, 3.63) is 101 Å². The zero-order chi connectivity index (χ0) is 19.3. The molecule has 1 aliphatic heterocycles. The van der Waals surface area contributed by atoms with E-state index in [4.69, 9.17) is 5.10 Å². The third-order valence-electron chi connectivity index (χ3n) is 5.41. The van der Waals surface area contributed by atoms with Crippen molar-refractivity contribution in [3.63, 3.8) is 0 Å². The Kier molecular flexibility index (Phi) is 3.81. The Bertz CT molecular complexity index is 1120. The van der Waals surface area contributed by atoms with Gasteiger partial charge in [0.2, 0.25) is 0 Å². The molecule has 0 aromatic heterocycles. The Hall–Kier alpha value is -3.05. The van der Waals surface area contributed by atoms with Crippen molar-refractivity contribution in [1.82, 2.24) is 0 Å². The Balaban J connectivity index is 1.82. The summed E-state index contributed by atoms with van der Waals surface area (Å²) >= 11 is 3.53. The van der Waals surface area contributed by atoms with Crippen molar-refractivity contribution in [1.29, 1.82) is 0 Å². The second-order valence-corrected chi connectivity index (χ2v) is 7.75. The number of carbonyl (C=O) groups is 2. The van der Waals surface area contributed by atoms with E-state index in [1.807, 2.05) is 66.7 Å². The number of hydrogen-bond acceptors (Lipinski definition) is 4. The van der Waals surface area contributed by atoms with Crippen LogP contribution in [0, 0.1) is 5.92 Å². The lowest BCUT2D eigenvalue weighted by Gasteiger charge is -2.37. The fourth-order valence-electron chi connectivity index (χ4n) is 4.24. The van der Waals surface area contributed by atoms with Gasteiger partial charge in [-0.05, 0) is 29.8 Å². The van der Waals surface area contributed by atoms with E-state index >= 15 is 0 Å². The number of hydrogen-bond donors (Lipinski definition) is 0. The van der Waals surface area contributed by atoms with Gasteiger partial charge in [0.1, 0.15) is 5.92 Å². The first-order valence-electron chi connectivity index (χ1n) is 8.98. The number of halogens is 1. The predicted octanol–water partition coefficient (Wildman–Crippen LogP) is 4.19. The SMILES string of the molecule is O=C1C=CC=C2C(Br)=CC(=O)C23C1C(c1ccccc1)=NN3c1ccccc1. The Morgan fingerprint density at radius 2 is 1.64 bits per heavy atom. The number of para-hydroxylation sites is 1. The first-order valence-corrected chi connectivity index (χ1v) is 9.77. The fraction of sp³-hybridized carbons (Fsp3) is 0.0870. The molecule has 1 heterocycles. The Morgan fingerprint density at radius 1 is 0.964 bits per heavy atom. The number of hydrazone groups is 1. The van der Waals surface area contributed by atoms with Gasteiger partial charge in [-0.1, -0.05) is 76.6 Å². The number of carbonyl (C=O) groups excluding carboxylic acids is 2. The molecule has 2 aromatic rings. The van der Waals surface area contributed by atoms with Crippen molar-refractivity contribution >= 4 is 38.9 Å². The topological polar surface area (TPSA) is 49.7 Å². The molecule has 2 aliphatic carbocycles. The summed E-state index contributed by atoms with van der Waals surface area (Å²) in [4.78, 5) is 26.7. The fourth-order valence-corrected chi connectivity index (χ4v) is 4.89. The second kappa shape index (κ2) is 6.24. The lowest BCUT2D eigenvalue weighted by Crippen LogP contribution is -2.56. The highest BCUT2D eigenvalue weighted by Gasteiger charge is 2.64. The van der Waals surface area contributed by atoms with Crippen LogP contribution in [0.2, 0.25) is 0 Å². The molecular weight excluding hydrogens is 416 g/mol. The molecule has 0 fully saturated rings. The highest BCUT2D eigenvalue weighted by molar-refractivity contribution is 9.12. The standard InChI is InChI=1S/C23H15BrN2O2/c24-18-14-20(28)23-17(18)12-7-13-19(27)21(23)22(15-8-3-1-4-9-15)25-26(23)16-10-5-2-6-11-16/h1-14,21H. The maximum Gasteiger partial charge on any atom is 0.190 e. The van der Waals surface area contributed by atoms with Crippen molar-refractivity contribution in [2.75, 3.05) is 5.01 Å².